The molecule has 0 aliphatic heterocycles. The Kier molecular flexibility index (Phi) is 3.59. The van der Waals surface area contributed by atoms with Gasteiger partial charge in [0.2, 0.25) is 11.8 Å². The lowest BCUT2D eigenvalue weighted by Gasteiger charge is -2.08. The van der Waals surface area contributed by atoms with Crippen LogP contribution in [0, 0.1) is 18.8 Å². The van der Waals surface area contributed by atoms with Crippen molar-refractivity contribution < 1.29 is 19.2 Å². The lowest BCUT2D eigenvalue weighted by molar-refractivity contribution is -0.141. The first-order chi connectivity index (χ1) is 8.56. The summed E-state index contributed by atoms with van der Waals surface area (Å²) >= 11 is 0. The van der Waals surface area contributed by atoms with Crippen LogP contribution in [0.1, 0.15) is 31.0 Å². The Labute approximate surface area is 104 Å². The molecule has 1 aliphatic carbocycles. The third kappa shape index (κ3) is 2.85. The summed E-state index contributed by atoms with van der Waals surface area (Å²) in [5, 5.41) is 15.2. The first-order valence-electron chi connectivity index (χ1n) is 5.86. The predicted octanol–water partition coefficient (Wildman–Crippen LogP) is 0.495. The van der Waals surface area contributed by atoms with Gasteiger partial charge < -0.3 is 14.9 Å². The number of hydrogen-bond donors (Lipinski definition) is 2. The highest BCUT2D eigenvalue weighted by molar-refractivity contribution is 5.80. The van der Waals surface area contributed by atoms with Crippen molar-refractivity contribution in [3.63, 3.8) is 0 Å². The van der Waals surface area contributed by atoms with E-state index in [0.29, 0.717) is 31.0 Å². The summed E-state index contributed by atoms with van der Waals surface area (Å²) in [6, 6.07) is 0. The highest BCUT2D eigenvalue weighted by atomic mass is 16.5. The van der Waals surface area contributed by atoms with E-state index >= 15 is 0 Å². The summed E-state index contributed by atoms with van der Waals surface area (Å²) in [6.07, 6.45) is 1.59. The van der Waals surface area contributed by atoms with Crippen molar-refractivity contribution in [2.75, 3.05) is 0 Å². The second-order valence-corrected chi connectivity index (χ2v) is 4.49. The second-order valence-electron chi connectivity index (χ2n) is 4.49. The number of carbonyl (C=O) groups is 2. The molecule has 1 amide bonds. The number of nitrogens with zero attached hydrogens (tertiary/aromatic N) is 2. The summed E-state index contributed by atoms with van der Waals surface area (Å²) in [7, 11) is 0. The number of carboxylic acid groups (broad SMARTS) is 1. The fourth-order valence-corrected chi connectivity index (χ4v) is 2.17. The molecule has 1 aromatic heterocycles. The molecule has 1 saturated carbocycles. The number of amides is 1. The summed E-state index contributed by atoms with van der Waals surface area (Å²) in [4.78, 5) is 26.6. The van der Waals surface area contributed by atoms with Gasteiger partial charge in [0, 0.05) is 12.8 Å². The smallest absolute Gasteiger partial charge is 0.306 e. The van der Waals surface area contributed by atoms with E-state index in [1.54, 1.807) is 6.92 Å². The fourth-order valence-electron chi connectivity index (χ4n) is 2.17. The van der Waals surface area contributed by atoms with Crippen molar-refractivity contribution in [2.45, 2.75) is 32.7 Å². The molecule has 0 aromatic carbocycles. The van der Waals surface area contributed by atoms with E-state index < -0.39 is 11.9 Å². The SMILES string of the molecule is Cc1nc(CNC(=O)C2CCC(C(=O)O)C2)no1. The normalized spacial score (nSPS) is 22.9. The van der Waals surface area contributed by atoms with Crippen molar-refractivity contribution in [1.29, 1.82) is 0 Å². The number of aromatic nitrogens is 2. The zero-order chi connectivity index (χ0) is 13.1. The van der Waals surface area contributed by atoms with E-state index in [-0.39, 0.29) is 18.4 Å². The van der Waals surface area contributed by atoms with Gasteiger partial charge in [0.25, 0.3) is 0 Å². The van der Waals surface area contributed by atoms with Crippen LogP contribution in [0.2, 0.25) is 0 Å². The van der Waals surface area contributed by atoms with Crippen LogP contribution in [0.4, 0.5) is 0 Å². The number of hydrogen-bond acceptors (Lipinski definition) is 5. The highest BCUT2D eigenvalue weighted by Crippen LogP contribution is 2.31. The minimum atomic E-state index is -0.820. The van der Waals surface area contributed by atoms with Crippen molar-refractivity contribution >= 4 is 11.9 Å². The monoisotopic (exact) mass is 253 g/mol. The largest absolute Gasteiger partial charge is 0.481 e. The molecule has 98 valence electrons. The molecule has 1 aliphatic rings. The van der Waals surface area contributed by atoms with Gasteiger partial charge in [0.05, 0.1) is 12.5 Å². The standard InChI is InChI=1S/C11H15N3O4/c1-6-13-9(14-18-6)5-12-10(15)7-2-3-8(4-7)11(16)17/h7-8H,2-5H2,1H3,(H,12,15)(H,16,17). The summed E-state index contributed by atoms with van der Waals surface area (Å²) in [5.41, 5.74) is 0. The number of rotatable bonds is 4. The van der Waals surface area contributed by atoms with Crippen LogP contribution < -0.4 is 5.32 Å². The van der Waals surface area contributed by atoms with Crippen molar-refractivity contribution in [3.05, 3.63) is 11.7 Å². The Balaban J connectivity index is 1.80. The number of carbonyl (C=O) groups excluding carboxylic acids is 1. The van der Waals surface area contributed by atoms with Crippen LogP contribution in [0.5, 0.6) is 0 Å². The molecular formula is C11H15N3O4. The van der Waals surface area contributed by atoms with E-state index in [4.69, 9.17) is 9.63 Å². The van der Waals surface area contributed by atoms with E-state index in [1.807, 2.05) is 0 Å². The Morgan fingerprint density at radius 2 is 2.17 bits per heavy atom. The van der Waals surface area contributed by atoms with Gasteiger partial charge >= 0.3 is 5.97 Å². The minimum absolute atomic E-state index is 0.138. The Morgan fingerprint density at radius 3 is 2.72 bits per heavy atom. The van der Waals surface area contributed by atoms with Crippen LogP contribution in [0.25, 0.3) is 0 Å². The van der Waals surface area contributed by atoms with Gasteiger partial charge in [-0.1, -0.05) is 5.16 Å². The van der Waals surface area contributed by atoms with Gasteiger partial charge in [-0.3, -0.25) is 9.59 Å². The zero-order valence-electron chi connectivity index (χ0n) is 10.0. The van der Waals surface area contributed by atoms with Gasteiger partial charge in [0.15, 0.2) is 5.82 Å². The van der Waals surface area contributed by atoms with Crippen LogP contribution >= 0.6 is 0 Å². The fraction of sp³-hybridized carbons (Fsp3) is 0.636. The highest BCUT2D eigenvalue weighted by Gasteiger charge is 2.33. The third-order valence-electron chi connectivity index (χ3n) is 3.14. The number of aryl methyl sites for hydroxylation is 1. The number of nitrogens with one attached hydrogen (secondary N) is 1. The lowest BCUT2D eigenvalue weighted by atomic mass is 10.0. The number of carboxylic acids is 1. The quantitative estimate of drug-likeness (QED) is 0.809. The average molecular weight is 253 g/mol. The number of aliphatic carboxylic acids is 1. The Bertz CT molecular complexity index is 457. The zero-order valence-corrected chi connectivity index (χ0v) is 10.0. The molecule has 2 atom stereocenters. The van der Waals surface area contributed by atoms with Crippen molar-refractivity contribution in [1.82, 2.24) is 15.5 Å². The third-order valence-corrected chi connectivity index (χ3v) is 3.14. The summed E-state index contributed by atoms with van der Waals surface area (Å²) in [6.45, 7) is 1.89. The molecule has 18 heavy (non-hydrogen) atoms. The maximum absolute atomic E-state index is 11.8. The maximum Gasteiger partial charge on any atom is 0.306 e. The predicted molar refractivity (Wildman–Crippen MR) is 59.3 cm³/mol. The second kappa shape index (κ2) is 5.16. The van der Waals surface area contributed by atoms with E-state index in [2.05, 4.69) is 15.5 Å². The molecule has 7 heteroatoms. The summed E-state index contributed by atoms with van der Waals surface area (Å²) in [5.74, 6) is -0.702. The molecule has 7 nitrogen and oxygen atoms in total. The first kappa shape index (κ1) is 12.5. The van der Waals surface area contributed by atoms with Gasteiger partial charge in [0.1, 0.15) is 0 Å². The Hall–Kier alpha value is -1.92. The maximum atomic E-state index is 11.8. The molecular weight excluding hydrogens is 238 g/mol. The minimum Gasteiger partial charge on any atom is -0.481 e. The molecule has 2 unspecified atom stereocenters. The summed E-state index contributed by atoms with van der Waals surface area (Å²) < 4.78 is 4.78. The van der Waals surface area contributed by atoms with E-state index in [1.165, 1.54) is 0 Å². The molecule has 0 saturated heterocycles. The van der Waals surface area contributed by atoms with Crippen molar-refractivity contribution in [3.8, 4) is 0 Å². The lowest BCUT2D eigenvalue weighted by Crippen LogP contribution is -2.29. The van der Waals surface area contributed by atoms with Crippen LogP contribution in [-0.2, 0) is 16.1 Å². The van der Waals surface area contributed by atoms with Gasteiger partial charge in [-0.05, 0) is 19.3 Å². The first-order valence-corrected chi connectivity index (χ1v) is 5.86. The molecule has 2 rings (SSSR count). The van der Waals surface area contributed by atoms with Crippen LogP contribution in [0.15, 0.2) is 4.52 Å². The molecule has 0 bridgehead atoms. The van der Waals surface area contributed by atoms with Gasteiger partial charge in [-0.2, -0.15) is 4.98 Å². The van der Waals surface area contributed by atoms with E-state index in [9.17, 15) is 9.59 Å². The molecule has 1 heterocycles. The van der Waals surface area contributed by atoms with Crippen LogP contribution in [-0.4, -0.2) is 27.1 Å². The van der Waals surface area contributed by atoms with Crippen molar-refractivity contribution in [2.24, 2.45) is 11.8 Å². The average Bonchev–Trinajstić information content (AvgIpc) is 2.94. The van der Waals surface area contributed by atoms with Gasteiger partial charge in [-0.15, -0.1) is 0 Å². The molecule has 1 fully saturated rings. The molecule has 2 N–H and O–H groups in total. The molecule has 0 radical (unpaired) electrons. The Morgan fingerprint density at radius 1 is 1.44 bits per heavy atom. The topological polar surface area (TPSA) is 105 Å². The molecule has 0 spiro atoms. The van der Waals surface area contributed by atoms with Gasteiger partial charge in [-0.25, -0.2) is 0 Å². The molecule has 1 aromatic rings. The van der Waals surface area contributed by atoms with Crippen LogP contribution in [0.3, 0.4) is 0 Å². The van der Waals surface area contributed by atoms with E-state index in [0.717, 1.165) is 0 Å².